The van der Waals surface area contributed by atoms with Crippen LogP contribution in [0.25, 0.3) is 0 Å². The molecule has 10 heteroatoms. The molecule has 10 nitrogen and oxygen atoms in total. The van der Waals surface area contributed by atoms with Gasteiger partial charge < -0.3 is 39.7 Å². The highest BCUT2D eigenvalue weighted by molar-refractivity contribution is 5.70. The lowest BCUT2D eigenvalue weighted by atomic mass is 9.88. The summed E-state index contributed by atoms with van der Waals surface area (Å²) in [7, 11) is 2.05. The number of allylic oxidation sites excluding steroid dienone is 3. The van der Waals surface area contributed by atoms with Crippen LogP contribution < -0.4 is 5.32 Å². The maximum Gasteiger partial charge on any atom is 0.408 e. The molecule has 3 heterocycles. The highest BCUT2D eigenvalue weighted by Gasteiger charge is 2.45. The molecular weight excluding hydrogens is 576 g/mol. The quantitative estimate of drug-likeness (QED) is 0.120. The molecule has 0 aromatic heterocycles. The Bertz CT molecular complexity index is 1050. The summed E-state index contributed by atoms with van der Waals surface area (Å²) in [6, 6.07) is 0.0118. The van der Waals surface area contributed by atoms with Crippen LogP contribution in [0.15, 0.2) is 36.0 Å². The minimum absolute atomic E-state index is 0.0118. The van der Waals surface area contributed by atoms with Crippen LogP contribution in [0, 0.1) is 17.8 Å². The van der Waals surface area contributed by atoms with Gasteiger partial charge in [0.15, 0.2) is 6.10 Å². The van der Waals surface area contributed by atoms with E-state index in [1.54, 1.807) is 13.0 Å². The first-order valence-electron chi connectivity index (χ1n) is 16.8. The van der Waals surface area contributed by atoms with Crippen molar-refractivity contribution < 1.29 is 39.1 Å². The molecule has 45 heavy (non-hydrogen) atoms. The van der Waals surface area contributed by atoms with Gasteiger partial charge in [0.05, 0.1) is 30.8 Å². The van der Waals surface area contributed by atoms with E-state index >= 15 is 0 Å². The second-order valence-electron chi connectivity index (χ2n) is 13.9. The van der Waals surface area contributed by atoms with Gasteiger partial charge in [0.1, 0.15) is 11.7 Å². The summed E-state index contributed by atoms with van der Waals surface area (Å²) in [5.41, 5.74) is -0.639. The van der Waals surface area contributed by atoms with Crippen LogP contribution >= 0.6 is 0 Å². The number of cyclic esters (lactones) is 1. The number of carbonyl (C=O) groups excluding carboxylic acids is 2. The lowest BCUT2D eigenvalue weighted by Gasteiger charge is -2.34. The number of esters is 1. The number of carbonyl (C=O) groups is 2. The molecule has 0 aliphatic carbocycles. The van der Waals surface area contributed by atoms with Crippen molar-refractivity contribution in [2.75, 3.05) is 20.1 Å². The Morgan fingerprint density at radius 1 is 1.24 bits per heavy atom. The van der Waals surface area contributed by atoms with Crippen molar-refractivity contribution >= 4 is 12.1 Å². The fraction of sp³-hybridized carbons (Fsp3) is 0.771. The van der Waals surface area contributed by atoms with Gasteiger partial charge in [-0.3, -0.25) is 4.79 Å². The summed E-state index contributed by atoms with van der Waals surface area (Å²) in [5, 5.41) is 35.0. The molecule has 0 saturated carbocycles. The number of ether oxygens (including phenoxy) is 3. The monoisotopic (exact) mass is 634 g/mol. The van der Waals surface area contributed by atoms with Crippen molar-refractivity contribution in [2.45, 2.75) is 135 Å². The average Bonchev–Trinajstić information content (AvgIpc) is 3.75. The predicted octanol–water partition coefficient (Wildman–Crippen LogP) is 4.28. The zero-order valence-corrected chi connectivity index (χ0v) is 28.4. The summed E-state index contributed by atoms with van der Waals surface area (Å²) in [6.07, 6.45) is 9.49. The third-order valence-electron chi connectivity index (χ3n) is 9.62. The smallest absolute Gasteiger partial charge is 0.408 e. The molecule has 2 fully saturated rings. The first-order chi connectivity index (χ1) is 21.2. The molecule has 3 aliphatic heterocycles. The van der Waals surface area contributed by atoms with E-state index in [4.69, 9.17) is 14.2 Å². The number of rotatable bonds is 10. The topological polar surface area (TPSA) is 141 Å². The maximum atomic E-state index is 12.9. The Balaban J connectivity index is 1.69. The molecule has 0 bridgehead atoms. The van der Waals surface area contributed by atoms with Crippen molar-refractivity contribution in [3.63, 3.8) is 0 Å². The number of epoxide rings is 1. The highest BCUT2D eigenvalue weighted by Crippen LogP contribution is 2.36. The number of likely N-dealkylation sites (tertiary alicyclic amines) is 1. The third kappa shape index (κ3) is 11.8. The van der Waals surface area contributed by atoms with Crippen LogP contribution in [0.5, 0.6) is 0 Å². The number of alkyl carbamates (subject to hydrolysis) is 1. The third-order valence-corrected chi connectivity index (χ3v) is 9.62. The Labute approximate surface area is 269 Å². The summed E-state index contributed by atoms with van der Waals surface area (Å²) in [4.78, 5) is 27.9. The second kappa shape index (κ2) is 17.1. The molecule has 256 valence electrons. The molecule has 0 spiro atoms. The van der Waals surface area contributed by atoms with Gasteiger partial charge >= 0.3 is 12.1 Å². The van der Waals surface area contributed by atoms with Gasteiger partial charge in [-0.25, -0.2) is 4.79 Å². The Kier molecular flexibility index (Phi) is 14.1. The van der Waals surface area contributed by atoms with Crippen LogP contribution in [-0.2, 0) is 19.0 Å². The van der Waals surface area contributed by atoms with Crippen molar-refractivity contribution in [3.05, 3.63) is 36.0 Å². The Morgan fingerprint density at radius 2 is 1.93 bits per heavy atom. The summed E-state index contributed by atoms with van der Waals surface area (Å²) in [6.45, 7) is 13.3. The molecule has 2 saturated heterocycles. The molecule has 1 amide bonds. The lowest BCUT2D eigenvalue weighted by molar-refractivity contribution is -0.151. The van der Waals surface area contributed by atoms with Gasteiger partial charge in [-0.2, -0.15) is 0 Å². The number of piperidine rings is 1. The molecule has 0 aromatic rings. The first-order valence-corrected chi connectivity index (χ1v) is 16.8. The zero-order valence-electron chi connectivity index (χ0n) is 28.4. The van der Waals surface area contributed by atoms with Crippen LogP contribution in [0.2, 0.25) is 0 Å². The second-order valence-corrected chi connectivity index (χ2v) is 13.9. The number of nitrogens with one attached hydrogen (secondary N) is 1. The van der Waals surface area contributed by atoms with E-state index in [-0.39, 0.29) is 61.4 Å². The minimum Gasteiger partial charge on any atom is -0.457 e. The van der Waals surface area contributed by atoms with E-state index in [2.05, 4.69) is 30.3 Å². The fourth-order valence-electron chi connectivity index (χ4n) is 6.26. The molecule has 3 rings (SSSR count). The van der Waals surface area contributed by atoms with Gasteiger partial charge in [0.2, 0.25) is 0 Å². The fourth-order valence-corrected chi connectivity index (χ4v) is 6.26. The van der Waals surface area contributed by atoms with Gasteiger partial charge in [-0.05, 0) is 90.1 Å². The Hall–Kier alpha value is -2.24. The van der Waals surface area contributed by atoms with Crippen molar-refractivity contribution in [1.82, 2.24) is 10.2 Å². The highest BCUT2D eigenvalue weighted by atomic mass is 16.6. The molecule has 3 aliphatic rings. The van der Waals surface area contributed by atoms with E-state index < -0.39 is 36.0 Å². The zero-order chi connectivity index (χ0) is 33.3. The standard InChI is InChI=1S/C35H58N2O8/c1-8-28(39)25(5)33-29(43-33)20-22(2)10-9-11-23(3)32-24(4)12-13-30(35(6,42)17-14-27(38)21-31(40)45-32)44-34(41)36-26-15-18-37(7)19-16-26/h9-13,22,24-30,32-33,38-39,42H,8,14-21H2,1-7H3,(H,36,41)/b10-9+,13-12+,23-11+. The average molecular weight is 635 g/mol. The van der Waals surface area contributed by atoms with Crippen LogP contribution in [0.4, 0.5) is 4.79 Å². The maximum absolute atomic E-state index is 12.9. The van der Waals surface area contributed by atoms with E-state index in [0.717, 1.165) is 37.9 Å². The number of hydrogen-bond acceptors (Lipinski definition) is 9. The molecule has 10 atom stereocenters. The molecule has 10 unspecified atom stereocenters. The minimum atomic E-state index is -1.46. The van der Waals surface area contributed by atoms with E-state index in [1.807, 2.05) is 45.9 Å². The van der Waals surface area contributed by atoms with Gasteiger partial charge in [-0.15, -0.1) is 0 Å². The molecule has 0 aromatic carbocycles. The first kappa shape index (κ1) is 37.2. The van der Waals surface area contributed by atoms with E-state index in [9.17, 15) is 24.9 Å². The van der Waals surface area contributed by atoms with E-state index in [0.29, 0.717) is 6.42 Å². The molecule has 4 N–H and O–H groups in total. The molecule has 0 radical (unpaired) electrons. The van der Waals surface area contributed by atoms with Crippen molar-refractivity contribution in [1.29, 1.82) is 0 Å². The largest absolute Gasteiger partial charge is 0.457 e. The van der Waals surface area contributed by atoms with Crippen molar-refractivity contribution in [3.8, 4) is 0 Å². The SMILES string of the molecule is CCC(O)C(C)C1OC1CC(C)/C=C/C=C(\C)C1OC(=O)CC(O)CCC(C)(O)C(OC(=O)NC2CCN(C)CC2)/C=C/C1C. The summed E-state index contributed by atoms with van der Waals surface area (Å²) in [5.74, 6) is -0.450. The Morgan fingerprint density at radius 3 is 2.60 bits per heavy atom. The van der Waals surface area contributed by atoms with E-state index in [1.165, 1.54) is 0 Å². The van der Waals surface area contributed by atoms with Crippen LogP contribution in [0.3, 0.4) is 0 Å². The number of aliphatic hydroxyl groups is 3. The summed E-state index contributed by atoms with van der Waals surface area (Å²) >= 11 is 0. The number of amides is 1. The lowest BCUT2D eigenvalue weighted by Crippen LogP contribution is -2.48. The predicted molar refractivity (Wildman–Crippen MR) is 173 cm³/mol. The van der Waals surface area contributed by atoms with Crippen LogP contribution in [-0.4, -0.2) is 101 Å². The van der Waals surface area contributed by atoms with Crippen LogP contribution in [0.1, 0.15) is 86.5 Å². The summed E-state index contributed by atoms with van der Waals surface area (Å²) < 4.78 is 17.5. The number of nitrogens with zero attached hydrogens (tertiary/aromatic N) is 1. The number of hydrogen-bond donors (Lipinski definition) is 4. The normalized spacial score (nSPS) is 35.4. The molecular formula is C35H58N2O8. The van der Waals surface area contributed by atoms with Gasteiger partial charge in [0.25, 0.3) is 0 Å². The van der Waals surface area contributed by atoms with Gasteiger partial charge in [0, 0.05) is 17.9 Å². The number of aliphatic hydroxyl groups excluding tert-OH is 2. The van der Waals surface area contributed by atoms with Gasteiger partial charge in [-0.1, -0.05) is 52.0 Å². The van der Waals surface area contributed by atoms with Crippen molar-refractivity contribution in [2.24, 2.45) is 17.8 Å².